The lowest BCUT2D eigenvalue weighted by Gasteiger charge is -2.27. The number of rotatable bonds is 10. The van der Waals surface area contributed by atoms with Crippen LogP contribution >= 0.6 is 35.3 Å². The molecule has 216 valence electrons. The van der Waals surface area contributed by atoms with Crippen molar-refractivity contribution in [3.05, 3.63) is 106 Å². The van der Waals surface area contributed by atoms with Crippen LogP contribution in [0.25, 0.3) is 0 Å². The fraction of sp³-hybridized carbons (Fsp3) is 0.219. The first kappa shape index (κ1) is 29.8. The van der Waals surface area contributed by atoms with Crippen LogP contribution in [0.4, 0.5) is 16.4 Å². The van der Waals surface area contributed by atoms with Crippen LogP contribution in [0.15, 0.2) is 89.8 Å². The highest BCUT2D eigenvalue weighted by molar-refractivity contribution is 8.00. The zero-order valence-corrected chi connectivity index (χ0v) is 25.7. The monoisotopic (exact) mass is 616 g/mol. The molecule has 1 aromatic heterocycles. The number of esters is 1. The summed E-state index contributed by atoms with van der Waals surface area (Å²) in [5.74, 6) is -0.362. The highest BCUT2D eigenvalue weighted by Gasteiger charge is 2.29. The zero-order valence-electron chi connectivity index (χ0n) is 23.2. The van der Waals surface area contributed by atoms with E-state index in [0.29, 0.717) is 15.7 Å². The summed E-state index contributed by atoms with van der Waals surface area (Å²) in [5.41, 5.74) is 4.47. The second-order valence-electron chi connectivity index (χ2n) is 9.68. The Hall–Kier alpha value is -3.70. The number of amides is 1. The van der Waals surface area contributed by atoms with E-state index in [0.717, 1.165) is 52.8 Å². The number of anilines is 3. The van der Waals surface area contributed by atoms with E-state index in [9.17, 15) is 9.59 Å². The lowest BCUT2D eigenvalue weighted by atomic mass is 10.0. The van der Waals surface area contributed by atoms with Crippen LogP contribution in [0.3, 0.4) is 0 Å². The first-order valence-electron chi connectivity index (χ1n) is 13.7. The van der Waals surface area contributed by atoms with Crippen molar-refractivity contribution in [2.24, 2.45) is 0 Å². The average molecular weight is 617 g/mol. The number of fused-ring (bicyclic) bond motifs is 1. The fourth-order valence-corrected chi connectivity index (χ4v) is 7.02. The van der Waals surface area contributed by atoms with Gasteiger partial charge >= 0.3 is 5.97 Å². The minimum absolute atomic E-state index is 0.176. The number of benzene rings is 3. The topological polar surface area (TPSA) is 82.7 Å². The van der Waals surface area contributed by atoms with Crippen molar-refractivity contribution in [3.8, 4) is 0 Å². The molecule has 10 heteroatoms. The van der Waals surface area contributed by atoms with Crippen molar-refractivity contribution in [1.29, 1.82) is 0 Å². The second-order valence-corrected chi connectivity index (χ2v) is 12.2. The summed E-state index contributed by atoms with van der Waals surface area (Å²) in [5, 5.41) is 10.4. The van der Waals surface area contributed by atoms with Gasteiger partial charge in [-0.2, -0.15) is 0 Å². The summed E-state index contributed by atoms with van der Waals surface area (Å²) >= 11 is 8.33. The van der Waals surface area contributed by atoms with Gasteiger partial charge in [-0.05, 0) is 67.0 Å². The molecule has 3 aromatic carbocycles. The van der Waals surface area contributed by atoms with Crippen molar-refractivity contribution in [2.45, 2.75) is 31.3 Å². The van der Waals surface area contributed by atoms with Crippen LogP contribution in [0.5, 0.6) is 0 Å². The molecule has 0 saturated heterocycles. The lowest BCUT2D eigenvalue weighted by Crippen LogP contribution is -2.30. The molecule has 0 aliphatic carbocycles. The molecule has 0 fully saturated rings. The number of hydrogen-bond acceptors (Lipinski definition) is 7. The van der Waals surface area contributed by atoms with Gasteiger partial charge in [0.15, 0.2) is 5.11 Å². The Labute approximate surface area is 259 Å². The van der Waals surface area contributed by atoms with Crippen LogP contribution in [0.1, 0.15) is 33.3 Å². The number of thiophene rings is 1. The Morgan fingerprint density at radius 1 is 0.952 bits per heavy atom. The van der Waals surface area contributed by atoms with Gasteiger partial charge in [0.1, 0.15) is 5.00 Å². The molecule has 0 spiro atoms. The zero-order chi connectivity index (χ0) is 29.3. The van der Waals surface area contributed by atoms with Gasteiger partial charge in [-0.25, -0.2) is 4.79 Å². The van der Waals surface area contributed by atoms with Gasteiger partial charge in [0.05, 0.1) is 17.9 Å². The molecule has 0 radical (unpaired) electrons. The van der Waals surface area contributed by atoms with Crippen molar-refractivity contribution in [3.63, 3.8) is 0 Å². The average Bonchev–Trinajstić information content (AvgIpc) is 3.34. The Kier molecular flexibility index (Phi) is 10.3. The summed E-state index contributed by atoms with van der Waals surface area (Å²) in [4.78, 5) is 30.4. The highest BCUT2D eigenvalue weighted by Crippen LogP contribution is 2.38. The molecule has 7 nitrogen and oxygen atoms in total. The number of thiocarbonyl (C=S) groups is 1. The van der Waals surface area contributed by atoms with Gasteiger partial charge < -0.3 is 20.7 Å². The molecule has 1 aliphatic rings. The van der Waals surface area contributed by atoms with E-state index in [4.69, 9.17) is 17.0 Å². The molecule has 1 amide bonds. The maximum absolute atomic E-state index is 13.1. The van der Waals surface area contributed by atoms with Crippen LogP contribution in [-0.4, -0.2) is 40.8 Å². The van der Waals surface area contributed by atoms with Crippen LogP contribution in [-0.2, 0) is 29.0 Å². The molecule has 5 rings (SSSR count). The van der Waals surface area contributed by atoms with Gasteiger partial charge in [0.2, 0.25) is 5.91 Å². The first-order valence-corrected chi connectivity index (χ1v) is 15.9. The largest absolute Gasteiger partial charge is 0.462 e. The summed E-state index contributed by atoms with van der Waals surface area (Å²) in [6, 6.07) is 27.8. The molecule has 2 heterocycles. The maximum atomic E-state index is 13.1. The predicted molar refractivity (Wildman–Crippen MR) is 177 cm³/mol. The molecule has 0 atom stereocenters. The van der Waals surface area contributed by atoms with Gasteiger partial charge in [-0.15, -0.1) is 23.1 Å². The molecule has 3 N–H and O–H groups in total. The van der Waals surface area contributed by atoms with E-state index in [1.807, 2.05) is 72.8 Å². The molecule has 0 saturated carbocycles. The lowest BCUT2D eigenvalue weighted by molar-refractivity contribution is -0.113. The van der Waals surface area contributed by atoms with Gasteiger partial charge in [0, 0.05) is 40.8 Å². The smallest absolute Gasteiger partial charge is 0.341 e. The normalized spacial score (nSPS) is 12.7. The van der Waals surface area contributed by atoms with Gasteiger partial charge in [-0.1, -0.05) is 54.6 Å². The fourth-order valence-electron chi connectivity index (χ4n) is 4.73. The third kappa shape index (κ3) is 7.98. The quantitative estimate of drug-likeness (QED) is 0.0996. The number of nitrogens with zero attached hydrogens (tertiary/aromatic N) is 1. The van der Waals surface area contributed by atoms with Crippen molar-refractivity contribution < 1.29 is 14.3 Å². The Balaban J connectivity index is 1.21. The summed E-state index contributed by atoms with van der Waals surface area (Å²) in [6.07, 6.45) is 0.734. The summed E-state index contributed by atoms with van der Waals surface area (Å²) < 4.78 is 5.38. The standard InChI is InChI=1S/C32H32N4O3S3/c1-2-39-31(38)29-26-16-17-36(19-22-10-5-3-6-11-22)20-27(26)42-30(29)35-28(37)21-41-25-15-9-14-24(18-25)34-32(40)33-23-12-7-4-8-13-23/h3-15,18H,2,16-17,19-21H2,1H3,(H,35,37)(H2,33,34,40). The van der Waals surface area contributed by atoms with E-state index >= 15 is 0 Å². The Morgan fingerprint density at radius 2 is 1.67 bits per heavy atom. The van der Waals surface area contributed by atoms with E-state index in [1.165, 1.54) is 28.7 Å². The number of hydrogen-bond donors (Lipinski definition) is 3. The minimum Gasteiger partial charge on any atom is -0.462 e. The molecule has 0 bridgehead atoms. The summed E-state index contributed by atoms with van der Waals surface area (Å²) in [6.45, 7) is 4.48. The Bertz CT molecular complexity index is 1540. The number of ether oxygens (including phenoxy) is 1. The number of thioether (sulfide) groups is 1. The molecule has 42 heavy (non-hydrogen) atoms. The SMILES string of the molecule is CCOC(=O)c1c(NC(=O)CSc2cccc(NC(=S)Nc3ccccc3)c2)sc2c1CCN(Cc1ccccc1)C2. The predicted octanol–water partition coefficient (Wildman–Crippen LogP) is 7.02. The minimum atomic E-state index is -0.381. The molecular formula is C32H32N4O3S3. The third-order valence-electron chi connectivity index (χ3n) is 6.61. The second kappa shape index (κ2) is 14.5. The van der Waals surface area contributed by atoms with Crippen molar-refractivity contribution in [1.82, 2.24) is 4.90 Å². The first-order chi connectivity index (χ1) is 20.5. The number of para-hydroxylation sites is 1. The van der Waals surface area contributed by atoms with Crippen LogP contribution < -0.4 is 16.0 Å². The molecule has 1 aliphatic heterocycles. The molecule has 4 aromatic rings. The van der Waals surface area contributed by atoms with Crippen LogP contribution in [0.2, 0.25) is 0 Å². The third-order valence-corrected chi connectivity index (χ3v) is 8.94. The van der Waals surface area contributed by atoms with Gasteiger partial charge in [-0.3, -0.25) is 9.69 Å². The van der Waals surface area contributed by atoms with E-state index in [-0.39, 0.29) is 24.2 Å². The van der Waals surface area contributed by atoms with Crippen molar-refractivity contribution >= 4 is 68.7 Å². The van der Waals surface area contributed by atoms with Crippen LogP contribution in [0, 0.1) is 0 Å². The van der Waals surface area contributed by atoms with E-state index in [1.54, 1.807) is 6.92 Å². The molecule has 0 unspecified atom stereocenters. The van der Waals surface area contributed by atoms with E-state index < -0.39 is 0 Å². The van der Waals surface area contributed by atoms with E-state index in [2.05, 4.69) is 33.0 Å². The number of carbonyl (C=O) groups excluding carboxylic acids is 2. The Morgan fingerprint density at radius 3 is 2.43 bits per heavy atom. The molecular weight excluding hydrogens is 585 g/mol. The van der Waals surface area contributed by atoms with Crippen molar-refractivity contribution in [2.75, 3.05) is 34.9 Å². The number of carbonyl (C=O) groups is 2. The maximum Gasteiger partial charge on any atom is 0.341 e. The highest BCUT2D eigenvalue weighted by atomic mass is 32.2. The number of nitrogens with one attached hydrogen (secondary N) is 3. The van der Waals surface area contributed by atoms with Gasteiger partial charge in [0.25, 0.3) is 0 Å². The summed E-state index contributed by atoms with van der Waals surface area (Å²) in [7, 11) is 0.